The summed E-state index contributed by atoms with van der Waals surface area (Å²) in [7, 11) is 1.65. The molecule has 0 radical (unpaired) electrons. The lowest BCUT2D eigenvalue weighted by Gasteiger charge is -2.25. The van der Waals surface area contributed by atoms with Gasteiger partial charge in [0.25, 0.3) is 0 Å². The zero-order valence-electron chi connectivity index (χ0n) is 12.7. The molecular formula is C17H22N2O3. The Morgan fingerprint density at radius 3 is 2.68 bits per heavy atom. The van der Waals surface area contributed by atoms with Crippen molar-refractivity contribution in [2.75, 3.05) is 20.3 Å². The highest BCUT2D eigenvalue weighted by molar-refractivity contribution is 5.33. The lowest BCUT2D eigenvalue weighted by atomic mass is 10.1. The topological polar surface area (TPSA) is 65.8 Å². The SMILES string of the molecule is COc1ccccc1CN(Cc1cccnc1)CC(O)CO. The number of nitrogens with zero attached hydrogens (tertiary/aromatic N) is 2. The summed E-state index contributed by atoms with van der Waals surface area (Å²) in [5, 5.41) is 18.9. The van der Waals surface area contributed by atoms with Gasteiger partial charge < -0.3 is 14.9 Å². The van der Waals surface area contributed by atoms with Crippen LogP contribution in [0.2, 0.25) is 0 Å². The summed E-state index contributed by atoms with van der Waals surface area (Å²) in [5.41, 5.74) is 2.10. The number of pyridine rings is 1. The second-order valence-corrected chi connectivity index (χ2v) is 5.18. The second-order valence-electron chi connectivity index (χ2n) is 5.18. The Labute approximate surface area is 130 Å². The Morgan fingerprint density at radius 2 is 2.00 bits per heavy atom. The molecule has 22 heavy (non-hydrogen) atoms. The summed E-state index contributed by atoms with van der Waals surface area (Å²) in [4.78, 5) is 6.18. The van der Waals surface area contributed by atoms with Gasteiger partial charge in [0.1, 0.15) is 5.75 Å². The first kappa shape index (κ1) is 16.4. The normalized spacial score (nSPS) is 12.4. The molecule has 5 nitrogen and oxygen atoms in total. The quantitative estimate of drug-likeness (QED) is 0.772. The molecule has 2 aromatic rings. The average molecular weight is 302 g/mol. The summed E-state index contributed by atoms with van der Waals surface area (Å²) in [6.45, 7) is 1.39. The standard InChI is InChI=1S/C17H22N2O3/c1-22-17-7-3-2-6-15(17)11-19(12-16(21)13-20)10-14-5-4-8-18-9-14/h2-9,16,20-21H,10-13H2,1H3. The molecule has 0 saturated carbocycles. The lowest BCUT2D eigenvalue weighted by Crippen LogP contribution is -2.33. The van der Waals surface area contributed by atoms with Gasteiger partial charge in [-0.3, -0.25) is 9.88 Å². The average Bonchev–Trinajstić information content (AvgIpc) is 2.56. The summed E-state index contributed by atoms with van der Waals surface area (Å²) < 4.78 is 5.38. The van der Waals surface area contributed by atoms with Crippen molar-refractivity contribution in [3.8, 4) is 5.75 Å². The minimum Gasteiger partial charge on any atom is -0.496 e. The van der Waals surface area contributed by atoms with E-state index >= 15 is 0 Å². The van der Waals surface area contributed by atoms with Gasteiger partial charge in [0.05, 0.1) is 19.8 Å². The van der Waals surface area contributed by atoms with Crippen LogP contribution in [0.4, 0.5) is 0 Å². The van der Waals surface area contributed by atoms with Crippen LogP contribution in [0, 0.1) is 0 Å². The van der Waals surface area contributed by atoms with E-state index in [0.717, 1.165) is 16.9 Å². The highest BCUT2D eigenvalue weighted by atomic mass is 16.5. The molecule has 0 fully saturated rings. The van der Waals surface area contributed by atoms with Gasteiger partial charge in [-0.05, 0) is 17.7 Å². The molecule has 0 aliphatic rings. The maximum atomic E-state index is 9.77. The number of aliphatic hydroxyl groups is 2. The molecule has 0 aliphatic heterocycles. The van der Waals surface area contributed by atoms with Crippen molar-refractivity contribution in [1.29, 1.82) is 0 Å². The van der Waals surface area contributed by atoms with Gasteiger partial charge in [-0.2, -0.15) is 0 Å². The van der Waals surface area contributed by atoms with E-state index in [1.807, 2.05) is 36.4 Å². The van der Waals surface area contributed by atoms with Crippen molar-refractivity contribution >= 4 is 0 Å². The molecule has 1 aromatic heterocycles. The van der Waals surface area contributed by atoms with Crippen molar-refractivity contribution < 1.29 is 14.9 Å². The van der Waals surface area contributed by atoms with Crippen LogP contribution in [0.25, 0.3) is 0 Å². The summed E-state index contributed by atoms with van der Waals surface area (Å²) in [5.74, 6) is 0.817. The monoisotopic (exact) mass is 302 g/mol. The maximum absolute atomic E-state index is 9.77. The van der Waals surface area contributed by atoms with E-state index in [4.69, 9.17) is 9.84 Å². The minimum absolute atomic E-state index is 0.254. The number of ether oxygens (including phenoxy) is 1. The zero-order chi connectivity index (χ0) is 15.8. The van der Waals surface area contributed by atoms with Crippen LogP contribution in [0.3, 0.4) is 0 Å². The van der Waals surface area contributed by atoms with Crippen LogP contribution >= 0.6 is 0 Å². The van der Waals surface area contributed by atoms with Crippen molar-refractivity contribution in [1.82, 2.24) is 9.88 Å². The van der Waals surface area contributed by atoms with Gasteiger partial charge in [0, 0.05) is 37.6 Å². The Hall–Kier alpha value is -1.95. The molecule has 0 amide bonds. The van der Waals surface area contributed by atoms with Gasteiger partial charge in [0.15, 0.2) is 0 Å². The first-order valence-corrected chi connectivity index (χ1v) is 7.25. The van der Waals surface area contributed by atoms with E-state index in [9.17, 15) is 5.11 Å². The van der Waals surface area contributed by atoms with E-state index in [0.29, 0.717) is 19.6 Å². The molecule has 1 unspecified atom stereocenters. The molecule has 0 bridgehead atoms. The number of methoxy groups -OCH3 is 1. The Balaban J connectivity index is 2.13. The number of hydrogen-bond donors (Lipinski definition) is 2. The number of hydrogen-bond acceptors (Lipinski definition) is 5. The lowest BCUT2D eigenvalue weighted by molar-refractivity contribution is 0.0539. The van der Waals surface area contributed by atoms with Gasteiger partial charge in [-0.1, -0.05) is 24.3 Å². The van der Waals surface area contributed by atoms with E-state index < -0.39 is 6.10 Å². The number of benzene rings is 1. The van der Waals surface area contributed by atoms with Gasteiger partial charge in [-0.15, -0.1) is 0 Å². The van der Waals surface area contributed by atoms with Crippen LogP contribution in [0.5, 0.6) is 5.75 Å². The first-order chi connectivity index (χ1) is 10.7. The molecule has 0 saturated heterocycles. The second kappa shape index (κ2) is 8.48. The summed E-state index contributed by atoms with van der Waals surface area (Å²) in [6, 6.07) is 11.7. The maximum Gasteiger partial charge on any atom is 0.123 e. The predicted molar refractivity (Wildman–Crippen MR) is 84.4 cm³/mol. The van der Waals surface area contributed by atoms with E-state index in [-0.39, 0.29) is 6.61 Å². The van der Waals surface area contributed by atoms with Gasteiger partial charge in [-0.25, -0.2) is 0 Å². The zero-order valence-corrected chi connectivity index (χ0v) is 12.7. The van der Waals surface area contributed by atoms with Crippen LogP contribution in [0.1, 0.15) is 11.1 Å². The van der Waals surface area contributed by atoms with Gasteiger partial charge >= 0.3 is 0 Å². The van der Waals surface area contributed by atoms with Crippen LogP contribution < -0.4 is 4.74 Å². The Bertz CT molecular complexity index is 563. The predicted octanol–water partition coefficient (Wildman–Crippen LogP) is 1.45. The molecule has 5 heteroatoms. The molecular weight excluding hydrogens is 280 g/mol. The van der Waals surface area contributed by atoms with E-state index in [2.05, 4.69) is 9.88 Å². The van der Waals surface area contributed by atoms with Crippen molar-refractivity contribution in [3.05, 3.63) is 59.9 Å². The molecule has 2 N–H and O–H groups in total. The first-order valence-electron chi connectivity index (χ1n) is 7.25. The van der Waals surface area contributed by atoms with Crippen molar-refractivity contribution in [2.45, 2.75) is 19.2 Å². The molecule has 1 atom stereocenters. The summed E-state index contributed by atoms with van der Waals surface area (Å²) >= 11 is 0. The number of aromatic nitrogens is 1. The Kier molecular flexibility index (Phi) is 6.33. The largest absolute Gasteiger partial charge is 0.496 e. The molecule has 1 aromatic carbocycles. The fourth-order valence-electron chi connectivity index (χ4n) is 2.37. The number of para-hydroxylation sites is 1. The molecule has 118 valence electrons. The third kappa shape index (κ3) is 4.80. The van der Waals surface area contributed by atoms with Gasteiger partial charge in [0.2, 0.25) is 0 Å². The molecule has 0 spiro atoms. The fraction of sp³-hybridized carbons (Fsp3) is 0.353. The molecule has 1 heterocycles. The third-order valence-corrected chi connectivity index (χ3v) is 3.40. The number of rotatable bonds is 8. The van der Waals surface area contributed by atoms with E-state index in [1.54, 1.807) is 19.5 Å². The highest BCUT2D eigenvalue weighted by Gasteiger charge is 2.14. The smallest absolute Gasteiger partial charge is 0.123 e. The minimum atomic E-state index is -0.772. The molecule has 2 rings (SSSR count). The highest BCUT2D eigenvalue weighted by Crippen LogP contribution is 2.20. The molecule has 0 aliphatic carbocycles. The number of aliphatic hydroxyl groups excluding tert-OH is 2. The van der Waals surface area contributed by atoms with Crippen LogP contribution in [-0.4, -0.2) is 46.5 Å². The van der Waals surface area contributed by atoms with Crippen LogP contribution in [0.15, 0.2) is 48.8 Å². The van der Waals surface area contributed by atoms with E-state index in [1.165, 1.54) is 0 Å². The van der Waals surface area contributed by atoms with Crippen molar-refractivity contribution in [3.63, 3.8) is 0 Å². The summed E-state index contributed by atoms with van der Waals surface area (Å²) in [6.07, 6.45) is 2.77. The van der Waals surface area contributed by atoms with Crippen molar-refractivity contribution in [2.24, 2.45) is 0 Å². The fourth-order valence-corrected chi connectivity index (χ4v) is 2.37. The third-order valence-electron chi connectivity index (χ3n) is 3.40. The Morgan fingerprint density at radius 1 is 1.18 bits per heavy atom. The van der Waals surface area contributed by atoms with Crippen LogP contribution in [-0.2, 0) is 13.1 Å².